The van der Waals surface area contributed by atoms with Crippen molar-refractivity contribution in [3.05, 3.63) is 81.0 Å². The average Bonchev–Trinajstić information content (AvgIpc) is 3.26. The molecule has 1 aliphatic heterocycles. The van der Waals surface area contributed by atoms with Gasteiger partial charge >= 0.3 is 5.97 Å². The quantitative estimate of drug-likeness (QED) is 0.267. The van der Waals surface area contributed by atoms with E-state index in [4.69, 9.17) is 4.74 Å². The van der Waals surface area contributed by atoms with E-state index < -0.39 is 22.7 Å². The van der Waals surface area contributed by atoms with Crippen LogP contribution in [0.2, 0.25) is 0 Å². The van der Waals surface area contributed by atoms with Crippen LogP contribution in [0.3, 0.4) is 0 Å². The Labute approximate surface area is 173 Å². The zero-order valence-corrected chi connectivity index (χ0v) is 15.9. The number of benzene rings is 2. The molecule has 2 heterocycles. The SMILES string of the molecule is COC(=O)C1=C(C(=O)c2cccc([N+](=O)[O-])c2)[C@@H](c2ccc(O)cc2)n2nnnc2N1. The molecule has 0 saturated heterocycles. The number of hydrogen-bond donors (Lipinski definition) is 2. The predicted octanol–water partition coefficient (Wildman–Crippen LogP) is 1.61. The van der Waals surface area contributed by atoms with Crippen molar-refractivity contribution in [2.24, 2.45) is 0 Å². The summed E-state index contributed by atoms with van der Waals surface area (Å²) in [4.78, 5) is 36.6. The first-order valence-corrected chi connectivity index (χ1v) is 8.86. The van der Waals surface area contributed by atoms with Crippen LogP contribution in [0, 0.1) is 10.1 Å². The molecule has 0 unspecified atom stereocenters. The third-order valence-corrected chi connectivity index (χ3v) is 4.68. The lowest BCUT2D eigenvalue weighted by Gasteiger charge is -2.28. The van der Waals surface area contributed by atoms with E-state index in [1.54, 1.807) is 12.1 Å². The van der Waals surface area contributed by atoms with Gasteiger partial charge in [0.15, 0.2) is 5.78 Å². The topological polar surface area (TPSA) is 162 Å². The van der Waals surface area contributed by atoms with Crippen molar-refractivity contribution in [2.75, 3.05) is 12.4 Å². The highest BCUT2D eigenvalue weighted by Crippen LogP contribution is 2.37. The number of tetrazole rings is 1. The minimum Gasteiger partial charge on any atom is -0.508 e. The third-order valence-electron chi connectivity index (χ3n) is 4.68. The van der Waals surface area contributed by atoms with Gasteiger partial charge in [0.1, 0.15) is 17.5 Å². The maximum atomic E-state index is 13.5. The number of nitrogens with zero attached hydrogens (tertiary/aromatic N) is 5. The summed E-state index contributed by atoms with van der Waals surface area (Å²) in [7, 11) is 1.15. The molecule has 0 radical (unpaired) electrons. The zero-order chi connectivity index (χ0) is 22.1. The Balaban J connectivity index is 1.94. The van der Waals surface area contributed by atoms with E-state index in [-0.39, 0.29) is 34.2 Å². The number of rotatable bonds is 5. The van der Waals surface area contributed by atoms with Crippen molar-refractivity contribution < 1.29 is 24.4 Å². The first-order chi connectivity index (χ1) is 14.9. The van der Waals surface area contributed by atoms with Gasteiger partial charge in [-0.25, -0.2) is 4.79 Å². The molecular formula is C19H14N6O6. The number of fused-ring (bicyclic) bond motifs is 1. The second-order valence-electron chi connectivity index (χ2n) is 6.48. The number of hydrogen-bond acceptors (Lipinski definition) is 10. The van der Waals surface area contributed by atoms with Crippen LogP contribution in [0.1, 0.15) is 22.0 Å². The van der Waals surface area contributed by atoms with Gasteiger partial charge in [0, 0.05) is 17.7 Å². The highest BCUT2D eigenvalue weighted by molar-refractivity contribution is 6.15. The summed E-state index contributed by atoms with van der Waals surface area (Å²) < 4.78 is 6.12. The lowest BCUT2D eigenvalue weighted by molar-refractivity contribution is -0.384. The van der Waals surface area contributed by atoms with Crippen LogP contribution < -0.4 is 5.32 Å². The highest BCUT2D eigenvalue weighted by Gasteiger charge is 2.38. The second-order valence-corrected chi connectivity index (χ2v) is 6.48. The van der Waals surface area contributed by atoms with Crippen molar-refractivity contribution in [3.63, 3.8) is 0 Å². The maximum Gasteiger partial charge on any atom is 0.355 e. The number of anilines is 1. The molecule has 4 rings (SSSR count). The first-order valence-electron chi connectivity index (χ1n) is 8.86. The molecule has 31 heavy (non-hydrogen) atoms. The summed E-state index contributed by atoms with van der Waals surface area (Å²) in [6.07, 6.45) is 0. The first kappa shape index (κ1) is 19.7. The Morgan fingerprint density at radius 2 is 1.97 bits per heavy atom. The number of phenols is 1. The number of ketones is 1. The number of carbonyl (C=O) groups is 2. The Bertz CT molecular complexity index is 1230. The standard InChI is InChI=1S/C19H14N6O6/c1-31-18(28)15-14(17(27)11-3-2-4-12(9-11)25(29)30)16(10-5-7-13(26)8-6-10)24-19(20-15)21-22-23-24/h2-9,16,26H,1H3,(H,20,21,23)/t16-/m1/s1. The van der Waals surface area contributed by atoms with Crippen molar-refractivity contribution in [2.45, 2.75) is 6.04 Å². The van der Waals surface area contributed by atoms with Crippen LogP contribution in [-0.4, -0.2) is 49.1 Å². The second kappa shape index (κ2) is 7.67. The van der Waals surface area contributed by atoms with Crippen LogP contribution in [0.25, 0.3) is 0 Å². The van der Waals surface area contributed by atoms with E-state index >= 15 is 0 Å². The Kier molecular flexibility index (Phi) is 4.87. The fourth-order valence-corrected chi connectivity index (χ4v) is 3.27. The Morgan fingerprint density at radius 1 is 1.23 bits per heavy atom. The lowest BCUT2D eigenvalue weighted by atomic mass is 9.89. The lowest BCUT2D eigenvalue weighted by Crippen LogP contribution is -2.32. The molecule has 0 amide bonds. The van der Waals surface area contributed by atoms with Gasteiger partial charge in [-0.1, -0.05) is 29.4 Å². The van der Waals surface area contributed by atoms with Crippen molar-refractivity contribution >= 4 is 23.4 Å². The summed E-state index contributed by atoms with van der Waals surface area (Å²) in [5.41, 5.74) is -0.0629. The molecule has 0 spiro atoms. The Morgan fingerprint density at radius 3 is 2.65 bits per heavy atom. The number of nitro groups is 1. The average molecular weight is 422 g/mol. The number of aromatic hydroxyl groups is 1. The number of nitro benzene ring substituents is 1. The van der Waals surface area contributed by atoms with Gasteiger partial charge in [-0.2, -0.15) is 4.68 Å². The van der Waals surface area contributed by atoms with E-state index in [9.17, 15) is 24.8 Å². The van der Waals surface area contributed by atoms with Gasteiger partial charge in [-0.15, -0.1) is 0 Å². The van der Waals surface area contributed by atoms with E-state index in [1.165, 1.54) is 35.0 Å². The summed E-state index contributed by atoms with van der Waals surface area (Å²) in [6.45, 7) is 0. The van der Waals surface area contributed by atoms with Crippen LogP contribution in [0.4, 0.5) is 11.6 Å². The number of aromatic nitrogens is 4. The Hall–Kier alpha value is -4.61. The summed E-state index contributed by atoms with van der Waals surface area (Å²) >= 11 is 0. The van der Waals surface area contributed by atoms with Gasteiger partial charge in [0.25, 0.3) is 5.69 Å². The fraction of sp³-hybridized carbons (Fsp3) is 0.105. The molecular weight excluding hydrogens is 408 g/mol. The van der Waals surface area contributed by atoms with Gasteiger partial charge in [-0.05, 0) is 28.1 Å². The largest absolute Gasteiger partial charge is 0.508 e. The molecule has 2 aromatic carbocycles. The molecule has 3 aromatic rings. The molecule has 0 fully saturated rings. The predicted molar refractivity (Wildman–Crippen MR) is 104 cm³/mol. The molecule has 12 nitrogen and oxygen atoms in total. The van der Waals surface area contributed by atoms with E-state index in [0.29, 0.717) is 5.56 Å². The molecule has 1 atom stereocenters. The number of allylic oxidation sites excluding steroid dienone is 1. The summed E-state index contributed by atoms with van der Waals surface area (Å²) in [5.74, 6) is -1.41. The number of carbonyl (C=O) groups excluding carboxylic acids is 2. The van der Waals surface area contributed by atoms with E-state index in [0.717, 1.165) is 13.2 Å². The summed E-state index contributed by atoms with van der Waals surface area (Å²) in [5, 5.41) is 34.8. The molecule has 2 N–H and O–H groups in total. The van der Waals surface area contributed by atoms with Gasteiger partial charge in [-0.3, -0.25) is 14.9 Å². The van der Waals surface area contributed by atoms with Crippen molar-refractivity contribution in [1.82, 2.24) is 20.2 Å². The van der Waals surface area contributed by atoms with Crippen molar-refractivity contribution in [3.8, 4) is 5.75 Å². The number of nitrogens with one attached hydrogen (secondary N) is 1. The maximum absolute atomic E-state index is 13.5. The summed E-state index contributed by atoms with van der Waals surface area (Å²) in [6, 6.07) is 10.1. The third kappa shape index (κ3) is 3.46. The molecule has 0 bridgehead atoms. The number of non-ortho nitro benzene ring substituents is 1. The number of ether oxygens (including phenoxy) is 1. The molecule has 12 heteroatoms. The smallest absolute Gasteiger partial charge is 0.355 e. The number of esters is 1. The van der Waals surface area contributed by atoms with Crippen molar-refractivity contribution in [1.29, 1.82) is 0 Å². The molecule has 0 saturated carbocycles. The molecule has 0 aliphatic carbocycles. The molecule has 156 valence electrons. The molecule has 1 aromatic heterocycles. The number of methoxy groups -OCH3 is 1. The van der Waals surface area contributed by atoms with Crippen LogP contribution in [0.5, 0.6) is 5.75 Å². The number of Topliss-reactive ketones (excluding diaryl/α,β-unsaturated/α-hetero) is 1. The molecule has 1 aliphatic rings. The van der Waals surface area contributed by atoms with Gasteiger partial charge < -0.3 is 15.2 Å². The van der Waals surface area contributed by atoms with Gasteiger partial charge in [0.05, 0.1) is 17.6 Å². The van der Waals surface area contributed by atoms with E-state index in [2.05, 4.69) is 20.8 Å². The van der Waals surface area contributed by atoms with Crippen LogP contribution in [0.15, 0.2) is 59.8 Å². The minimum atomic E-state index is -0.965. The number of phenolic OH excluding ortho intramolecular Hbond substituents is 1. The normalized spacial score (nSPS) is 15.1. The fourth-order valence-electron chi connectivity index (χ4n) is 3.27. The van der Waals surface area contributed by atoms with Crippen LogP contribution in [-0.2, 0) is 9.53 Å². The monoisotopic (exact) mass is 422 g/mol. The van der Waals surface area contributed by atoms with Crippen LogP contribution >= 0.6 is 0 Å². The highest BCUT2D eigenvalue weighted by atomic mass is 16.6. The van der Waals surface area contributed by atoms with E-state index in [1.807, 2.05) is 0 Å². The minimum absolute atomic E-state index is 0.00152. The van der Waals surface area contributed by atoms with Gasteiger partial charge in [0.2, 0.25) is 5.95 Å². The zero-order valence-electron chi connectivity index (χ0n) is 15.9.